The van der Waals surface area contributed by atoms with Gasteiger partial charge in [-0.2, -0.15) is 0 Å². The van der Waals surface area contributed by atoms with Gasteiger partial charge in [0.05, 0.1) is 0 Å². The zero-order valence-corrected chi connectivity index (χ0v) is 30.3. The van der Waals surface area contributed by atoms with Crippen molar-refractivity contribution in [3.63, 3.8) is 0 Å². The summed E-state index contributed by atoms with van der Waals surface area (Å²) in [5.41, 5.74) is 11.6. The molecule has 55 heavy (non-hydrogen) atoms. The topological polar surface area (TPSA) is 0 Å². The predicted molar refractivity (Wildman–Crippen MR) is 236 cm³/mol. The van der Waals surface area contributed by atoms with E-state index < -0.39 is 0 Å². The minimum absolute atomic E-state index is 0.0920. The molecule has 0 aromatic heterocycles. The SMILES string of the molecule is c1ccc2c(C3=C(c4cccc5ccccc45)C(c4cccc5ccccc45)C(c4cccc5ccccc45)=C3c3cccc4ccccc34)cccc2c1. The Bertz CT molecular complexity index is 3000. The van der Waals surface area contributed by atoms with E-state index in [1.807, 2.05) is 0 Å². The van der Waals surface area contributed by atoms with Gasteiger partial charge in [0.25, 0.3) is 0 Å². The predicted octanol–water partition coefficient (Wildman–Crippen LogP) is 14.8. The first-order valence-corrected chi connectivity index (χ1v) is 19.2. The molecule has 0 unspecified atom stereocenters. The van der Waals surface area contributed by atoms with Gasteiger partial charge < -0.3 is 0 Å². The Kier molecular flexibility index (Phi) is 7.35. The highest BCUT2D eigenvalue weighted by molar-refractivity contribution is 6.35. The minimum Gasteiger partial charge on any atom is -0.0616 e. The van der Waals surface area contributed by atoms with Crippen molar-refractivity contribution in [1.29, 1.82) is 0 Å². The summed E-state index contributed by atoms with van der Waals surface area (Å²) in [5.74, 6) is -0.0920. The molecule has 0 radical (unpaired) electrons. The fourth-order valence-corrected chi connectivity index (χ4v) is 9.46. The summed E-state index contributed by atoms with van der Waals surface area (Å²) < 4.78 is 0. The van der Waals surface area contributed by atoms with Crippen LogP contribution in [0, 0.1) is 0 Å². The van der Waals surface area contributed by atoms with Crippen molar-refractivity contribution in [2.75, 3.05) is 0 Å². The molecule has 0 atom stereocenters. The maximum absolute atomic E-state index is 2.38. The van der Waals surface area contributed by atoms with E-state index in [2.05, 4.69) is 212 Å². The molecule has 0 aliphatic heterocycles. The Labute approximate surface area is 321 Å². The van der Waals surface area contributed by atoms with Crippen molar-refractivity contribution in [3.8, 4) is 0 Å². The Hall–Kier alpha value is -7.02. The average Bonchev–Trinajstić information content (AvgIpc) is 3.60. The second-order valence-corrected chi connectivity index (χ2v) is 14.7. The maximum atomic E-state index is 2.38. The molecular weight excluding hydrogens is 661 g/mol. The van der Waals surface area contributed by atoms with Crippen molar-refractivity contribution in [2.45, 2.75) is 5.92 Å². The molecule has 1 aliphatic rings. The van der Waals surface area contributed by atoms with Gasteiger partial charge in [-0.05, 0) is 104 Å². The van der Waals surface area contributed by atoms with Crippen LogP contribution in [-0.2, 0) is 0 Å². The van der Waals surface area contributed by atoms with Crippen LogP contribution in [0.2, 0.25) is 0 Å². The molecule has 0 heteroatoms. The van der Waals surface area contributed by atoms with Gasteiger partial charge in [0.2, 0.25) is 0 Å². The minimum atomic E-state index is -0.0920. The smallest absolute Gasteiger partial charge is 0.0371 e. The third-order valence-electron chi connectivity index (χ3n) is 11.8. The highest BCUT2D eigenvalue weighted by Gasteiger charge is 2.40. The Morgan fingerprint density at radius 1 is 0.218 bits per heavy atom. The van der Waals surface area contributed by atoms with Crippen LogP contribution >= 0.6 is 0 Å². The first kappa shape index (κ1) is 31.5. The number of rotatable bonds is 5. The lowest BCUT2D eigenvalue weighted by molar-refractivity contribution is 1.17. The largest absolute Gasteiger partial charge is 0.0616 e. The first-order valence-electron chi connectivity index (χ1n) is 19.2. The lowest BCUT2D eigenvalue weighted by Gasteiger charge is -2.25. The van der Waals surface area contributed by atoms with Crippen LogP contribution < -0.4 is 0 Å². The molecule has 11 rings (SSSR count). The van der Waals surface area contributed by atoms with E-state index in [9.17, 15) is 0 Å². The summed E-state index contributed by atoms with van der Waals surface area (Å²) in [6.07, 6.45) is 0. The number of fused-ring (bicyclic) bond motifs is 5. The highest BCUT2D eigenvalue weighted by atomic mass is 14.4. The second-order valence-electron chi connectivity index (χ2n) is 14.7. The van der Waals surface area contributed by atoms with Gasteiger partial charge in [-0.15, -0.1) is 0 Å². The summed E-state index contributed by atoms with van der Waals surface area (Å²) in [5, 5.41) is 12.5. The van der Waals surface area contributed by atoms with E-state index >= 15 is 0 Å². The molecule has 0 N–H and O–H groups in total. The van der Waals surface area contributed by atoms with Gasteiger partial charge in [-0.3, -0.25) is 0 Å². The summed E-state index contributed by atoms with van der Waals surface area (Å²) >= 11 is 0. The van der Waals surface area contributed by atoms with E-state index in [1.54, 1.807) is 0 Å². The first-order chi connectivity index (χ1) is 27.3. The lowest BCUT2D eigenvalue weighted by Crippen LogP contribution is -2.05. The summed E-state index contributed by atoms with van der Waals surface area (Å²) in [6, 6.07) is 78.9. The standard InChI is InChI=1S/C55H36/c1-6-26-41-36(16-1)21-11-31-46(41)51-52(47-32-12-22-37-17-2-7-27-42(37)47)54(49-34-14-24-39-19-4-9-29-44(39)49)55(50-35-15-25-40-20-5-10-30-45(40)50)53(51)48-33-13-23-38-18-3-8-28-43(38)48/h1-35,51H. The van der Waals surface area contributed by atoms with E-state index in [0.717, 1.165) is 0 Å². The Balaban J connectivity index is 1.42. The fourth-order valence-electron chi connectivity index (χ4n) is 9.46. The Morgan fingerprint density at radius 2 is 0.491 bits per heavy atom. The van der Waals surface area contributed by atoms with Crippen molar-refractivity contribution in [1.82, 2.24) is 0 Å². The average molecular weight is 697 g/mol. The van der Waals surface area contributed by atoms with Crippen LogP contribution in [0.1, 0.15) is 33.7 Å². The van der Waals surface area contributed by atoms with E-state index in [0.29, 0.717) is 0 Å². The van der Waals surface area contributed by atoms with Crippen LogP contribution in [0.5, 0.6) is 0 Å². The molecule has 0 fully saturated rings. The van der Waals surface area contributed by atoms with Gasteiger partial charge in [-0.1, -0.05) is 212 Å². The molecule has 0 nitrogen and oxygen atoms in total. The number of benzene rings is 10. The van der Waals surface area contributed by atoms with E-state index in [1.165, 1.54) is 104 Å². The number of allylic oxidation sites excluding steroid dienone is 4. The zero-order chi connectivity index (χ0) is 36.3. The van der Waals surface area contributed by atoms with Crippen LogP contribution in [-0.4, -0.2) is 0 Å². The molecule has 10 aromatic carbocycles. The molecular formula is C55H36. The molecule has 0 spiro atoms. The van der Waals surface area contributed by atoms with Crippen LogP contribution in [0.4, 0.5) is 0 Å². The van der Waals surface area contributed by atoms with Gasteiger partial charge >= 0.3 is 0 Å². The number of hydrogen-bond acceptors (Lipinski definition) is 0. The van der Waals surface area contributed by atoms with Crippen molar-refractivity contribution in [3.05, 3.63) is 240 Å². The summed E-state index contributed by atoms with van der Waals surface area (Å²) in [6.45, 7) is 0. The van der Waals surface area contributed by atoms with Gasteiger partial charge in [-0.25, -0.2) is 0 Å². The molecule has 10 aromatic rings. The third-order valence-corrected chi connectivity index (χ3v) is 11.8. The lowest BCUT2D eigenvalue weighted by atomic mass is 9.77. The van der Waals surface area contributed by atoms with E-state index in [-0.39, 0.29) is 5.92 Å². The molecule has 0 amide bonds. The van der Waals surface area contributed by atoms with Crippen LogP contribution in [0.25, 0.3) is 76.2 Å². The molecule has 0 bridgehead atoms. The zero-order valence-electron chi connectivity index (χ0n) is 30.3. The van der Waals surface area contributed by atoms with Crippen molar-refractivity contribution >= 4 is 76.2 Å². The van der Waals surface area contributed by atoms with Crippen LogP contribution in [0.15, 0.2) is 212 Å². The summed E-state index contributed by atoms with van der Waals surface area (Å²) in [4.78, 5) is 0. The van der Waals surface area contributed by atoms with Gasteiger partial charge in [0.15, 0.2) is 0 Å². The molecule has 0 saturated carbocycles. The Morgan fingerprint density at radius 3 is 0.891 bits per heavy atom. The van der Waals surface area contributed by atoms with Crippen molar-refractivity contribution < 1.29 is 0 Å². The van der Waals surface area contributed by atoms with E-state index in [4.69, 9.17) is 0 Å². The maximum Gasteiger partial charge on any atom is 0.0371 e. The van der Waals surface area contributed by atoms with Crippen molar-refractivity contribution in [2.24, 2.45) is 0 Å². The quantitative estimate of drug-likeness (QED) is 0.168. The second kappa shape index (κ2) is 12.8. The molecule has 256 valence electrons. The third kappa shape index (κ3) is 4.99. The molecule has 0 saturated heterocycles. The van der Waals surface area contributed by atoms with Crippen LogP contribution in [0.3, 0.4) is 0 Å². The number of hydrogen-bond donors (Lipinski definition) is 0. The monoisotopic (exact) mass is 696 g/mol. The van der Waals surface area contributed by atoms with Gasteiger partial charge in [0, 0.05) is 5.92 Å². The normalized spacial score (nSPS) is 13.6. The highest BCUT2D eigenvalue weighted by Crippen LogP contribution is 2.61. The fraction of sp³-hybridized carbons (Fsp3) is 0.0182. The summed E-state index contributed by atoms with van der Waals surface area (Å²) in [7, 11) is 0. The molecule has 0 heterocycles. The van der Waals surface area contributed by atoms with Gasteiger partial charge in [0.1, 0.15) is 0 Å². The molecule has 1 aliphatic carbocycles.